The molecule has 0 bridgehead atoms. The van der Waals surface area contributed by atoms with Crippen LogP contribution in [0.5, 0.6) is 0 Å². The molecule has 1 aromatic rings. The average molecular weight is 206 g/mol. The van der Waals surface area contributed by atoms with E-state index in [4.69, 9.17) is 5.11 Å². The molecule has 0 amide bonds. The summed E-state index contributed by atoms with van der Waals surface area (Å²) in [5, 5.41) is 8.85. The maximum atomic E-state index is 10.8. The van der Waals surface area contributed by atoms with Gasteiger partial charge >= 0.3 is 5.97 Å². The summed E-state index contributed by atoms with van der Waals surface area (Å²) in [6.07, 6.45) is 2.52. The maximum absolute atomic E-state index is 10.8. The van der Waals surface area contributed by atoms with Gasteiger partial charge in [0.05, 0.1) is 11.6 Å². The normalized spacial score (nSPS) is 21.7. The molecule has 1 saturated heterocycles. The van der Waals surface area contributed by atoms with Crippen LogP contribution < -0.4 is 0 Å². The minimum Gasteiger partial charge on any atom is -0.481 e. The van der Waals surface area contributed by atoms with E-state index in [2.05, 4.69) is 9.88 Å². The monoisotopic (exact) mass is 206 g/mol. The Kier molecular flexibility index (Phi) is 2.97. The van der Waals surface area contributed by atoms with Gasteiger partial charge in [0.1, 0.15) is 0 Å². The highest BCUT2D eigenvalue weighted by atomic mass is 16.4. The van der Waals surface area contributed by atoms with Crippen molar-refractivity contribution in [1.82, 2.24) is 9.88 Å². The van der Waals surface area contributed by atoms with Gasteiger partial charge in [-0.15, -0.1) is 0 Å². The molecule has 1 aromatic heterocycles. The highest BCUT2D eigenvalue weighted by molar-refractivity contribution is 5.70. The second-order valence-corrected chi connectivity index (χ2v) is 3.88. The first-order valence-electron chi connectivity index (χ1n) is 5.11. The molecule has 0 aromatic carbocycles. The van der Waals surface area contributed by atoms with Crippen LogP contribution in [0, 0.1) is 5.92 Å². The van der Waals surface area contributed by atoms with Crippen LogP contribution >= 0.6 is 0 Å². The number of hydrogen-bond acceptors (Lipinski definition) is 3. The predicted octanol–water partition coefficient (Wildman–Crippen LogP) is 0.988. The van der Waals surface area contributed by atoms with Crippen molar-refractivity contribution < 1.29 is 9.90 Å². The van der Waals surface area contributed by atoms with Crippen LogP contribution in [0.25, 0.3) is 0 Å². The van der Waals surface area contributed by atoms with Gasteiger partial charge in [0.15, 0.2) is 0 Å². The lowest BCUT2D eigenvalue weighted by molar-refractivity contribution is -0.141. The van der Waals surface area contributed by atoms with E-state index in [1.54, 1.807) is 6.20 Å². The Balaban J connectivity index is 1.90. The van der Waals surface area contributed by atoms with E-state index in [1.807, 2.05) is 18.2 Å². The first-order valence-corrected chi connectivity index (χ1v) is 5.11. The van der Waals surface area contributed by atoms with Gasteiger partial charge in [0, 0.05) is 19.3 Å². The van der Waals surface area contributed by atoms with E-state index >= 15 is 0 Å². The molecule has 1 N–H and O–H groups in total. The largest absolute Gasteiger partial charge is 0.481 e. The van der Waals surface area contributed by atoms with Gasteiger partial charge in [0.25, 0.3) is 0 Å². The summed E-state index contributed by atoms with van der Waals surface area (Å²) in [4.78, 5) is 17.1. The Morgan fingerprint density at radius 1 is 1.60 bits per heavy atom. The summed E-state index contributed by atoms with van der Waals surface area (Å²) in [5.74, 6) is -0.882. The molecular formula is C11H14N2O2. The molecule has 0 aliphatic carbocycles. The molecule has 15 heavy (non-hydrogen) atoms. The summed E-state index contributed by atoms with van der Waals surface area (Å²) in [7, 11) is 0. The highest BCUT2D eigenvalue weighted by Gasteiger charge is 2.27. The second-order valence-electron chi connectivity index (χ2n) is 3.88. The van der Waals surface area contributed by atoms with Crippen LogP contribution in [0.3, 0.4) is 0 Å². The van der Waals surface area contributed by atoms with Crippen LogP contribution in [0.1, 0.15) is 12.1 Å². The Morgan fingerprint density at radius 2 is 2.47 bits per heavy atom. The van der Waals surface area contributed by atoms with E-state index in [1.165, 1.54) is 0 Å². The van der Waals surface area contributed by atoms with Crippen molar-refractivity contribution in [3.8, 4) is 0 Å². The number of aliphatic carboxylic acids is 1. The van der Waals surface area contributed by atoms with E-state index in [0.29, 0.717) is 6.54 Å². The fourth-order valence-corrected chi connectivity index (χ4v) is 1.90. The number of carbonyl (C=O) groups is 1. The van der Waals surface area contributed by atoms with Crippen molar-refractivity contribution in [2.45, 2.75) is 13.0 Å². The number of hydrogen-bond donors (Lipinski definition) is 1. The van der Waals surface area contributed by atoms with Gasteiger partial charge in [0.2, 0.25) is 0 Å². The third kappa shape index (κ3) is 2.53. The van der Waals surface area contributed by atoms with E-state index in [0.717, 1.165) is 25.2 Å². The predicted molar refractivity (Wildman–Crippen MR) is 55.3 cm³/mol. The Morgan fingerprint density at radius 3 is 3.07 bits per heavy atom. The van der Waals surface area contributed by atoms with Gasteiger partial charge in [-0.05, 0) is 25.1 Å². The Bertz CT molecular complexity index is 340. The fraction of sp³-hybridized carbons (Fsp3) is 0.455. The molecule has 4 heteroatoms. The van der Waals surface area contributed by atoms with Crippen LogP contribution in [-0.2, 0) is 11.3 Å². The quantitative estimate of drug-likeness (QED) is 0.801. The molecule has 2 rings (SSSR count). The number of rotatable bonds is 3. The molecule has 0 unspecified atom stereocenters. The number of nitrogens with zero attached hydrogens (tertiary/aromatic N) is 2. The lowest BCUT2D eigenvalue weighted by Gasteiger charge is -2.13. The van der Waals surface area contributed by atoms with Gasteiger partial charge in [-0.3, -0.25) is 14.7 Å². The number of carboxylic acids is 1. The fourth-order valence-electron chi connectivity index (χ4n) is 1.90. The topological polar surface area (TPSA) is 53.4 Å². The summed E-state index contributed by atoms with van der Waals surface area (Å²) in [5.41, 5.74) is 1.00. The van der Waals surface area contributed by atoms with Gasteiger partial charge < -0.3 is 5.11 Å². The van der Waals surface area contributed by atoms with Crippen LogP contribution in [-0.4, -0.2) is 34.0 Å². The molecule has 0 spiro atoms. The van der Waals surface area contributed by atoms with E-state index < -0.39 is 5.97 Å². The minimum atomic E-state index is -0.682. The third-order valence-electron chi connectivity index (χ3n) is 2.73. The first-order chi connectivity index (χ1) is 7.25. The molecule has 1 atom stereocenters. The van der Waals surface area contributed by atoms with Crippen LogP contribution in [0.2, 0.25) is 0 Å². The number of carboxylic acid groups (broad SMARTS) is 1. The molecule has 1 aliphatic heterocycles. The lowest BCUT2D eigenvalue weighted by atomic mass is 10.1. The Hall–Kier alpha value is -1.42. The maximum Gasteiger partial charge on any atom is 0.307 e. The molecule has 1 fully saturated rings. The molecule has 1 aliphatic rings. The number of likely N-dealkylation sites (tertiary alicyclic amines) is 1. The van der Waals surface area contributed by atoms with Gasteiger partial charge in [-0.25, -0.2) is 0 Å². The number of pyridine rings is 1. The summed E-state index contributed by atoms with van der Waals surface area (Å²) in [6, 6.07) is 5.80. The molecular weight excluding hydrogens is 192 g/mol. The summed E-state index contributed by atoms with van der Waals surface area (Å²) in [6.45, 7) is 2.25. The SMILES string of the molecule is O=C(O)[C@H]1CCN(Cc2ccccn2)C1. The van der Waals surface area contributed by atoms with Crippen molar-refractivity contribution in [3.05, 3.63) is 30.1 Å². The van der Waals surface area contributed by atoms with E-state index in [-0.39, 0.29) is 5.92 Å². The molecule has 4 nitrogen and oxygen atoms in total. The smallest absolute Gasteiger partial charge is 0.307 e. The van der Waals surface area contributed by atoms with Crippen molar-refractivity contribution in [2.24, 2.45) is 5.92 Å². The molecule has 0 radical (unpaired) electrons. The van der Waals surface area contributed by atoms with Crippen LogP contribution in [0.15, 0.2) is 24.4 Å². The van der Waals surface area contributed by atoms with Crippen molar-refractivity contribution >= 4 is 5.97 Å². The lowest BCUT2D eigenvalue weighted by Crippen LogP contribution is -2.23. The van der Waals surface area contributed by atoms with E-state index in [9.17, 15) is 4.79 Å². The molecule has 80 valence electrons. The van der Waals surface area contributed by atoms with Crippen molar-refractivity contribution in [3.63, 3.8) is 0 Å². The molecule has 2 heterocycles. The third-order valence-corrected chi connectivity index (χ3v) is 2.73. The Labute approximate surface area is 88.6 Å². The zero-order valence-electron chi connectivity index (χ0n) is 8.47. The zero-order valence-corrected chi connectivity index (χ0v) is 8.47. The van der Waals surface area contributed by atoms with Crippen molar-refractivity contribution in [2.75, 3.05) is 13.1 Å². The van der Waals surface area contributed by atoms with Gasteiger partial charge in [-0.2, -0.15) is 0 Å². The number of aromatic nitrogens is 1. The van der Waals surface area contributed by atoms with Crippen molar-refractivity contribution in [1.29, 1.82) is 0 Å². The standard InChI is InChI=1S/C11H14N2O2/c14-11(15)9-4-6-13(7-9)8-10-3-1-2-5-12-10/h1-3,5,9H,4,6-8H2,(H,14,15)/t9-/m0/s1. The van der Waals surface area contributed by atoms with Crippen LogP contribution in [0.4, 0.5) is 0 Å². The first kappa shape index (κ1) is 10.1. The second kappa shape index (κ2) is 4.40. The minimum absolute atomic E-state index is 0.200. The molecule has 0 saturated carbocycles. The summed E-state index contributed by atoms with van der Waals surface area (Å²) >= 11 is 0. The average Bonchev–Trinajstić information content (AvgIpc) is 2.68. The highest BCUT2D eigenvalue weighted by Crippen LogP contribution is 2.17. The summed E-state index contributed by atoms with van der Waals surface area (Å²) < 4.78 is 0. The van der Waals surface area contributed by atoms with Gasteiger partial charge in [-0.1, -0.05) is 6.07 Å². The zero-order chi connectivity index (χ0) is 10.7.